The van der Waals surface area contributed by atoms with Crippen LogP contribution in [0.2, 0.25) is 5.02 Å². The summed E-state index contributed by atoms with van der Waals surface area (Å²) in [7, 11) is 0. The summed E-state index contributed by atoms with van der Waals surface area (Å²) in [6.07, 6.45) is 0. The Bertz CT molecular complexity index is 953. The topological polar surface area (TPSA) is 42.3 Å². The predicted molar refractivity (Wildman–Crippen MR) is 108 cm³/mol. The number of halogens is 1. The van der Waals surface area contributed by atoms with Gasteiger partial charge in [-0.15, -0.1) is 0 Å². The van der Waals surface area contributed by atoms with E-state index >= 15 is 0 Å². The second-order valence-corrected chi connectivity index (χ2v) is 7.02. The molecule has 0 saturated heterocycles. The first-order valence-corrected chi connectivity index (χ1v) is 9.07. The van der Waals surface area contributed by atoms with Crippen molar-refractivity contribution < 1.29 is 9.59 Å². The molecular weight excluding hydrogens is 360 g/mol. The molecule has 0 saturated carbocycles. The molecule has 0 aliphatic heterocycles. The molecular formula is C22H21ClN2O2. The van der Waals surface area contributed by atoms with E-state index in [4.69, 9.17) is 11.6 Å². The van der Waals surface area contributed by atoms with Gasteiger partial charge in [-0.3, -0.25) is 14.3 Å². The minimum absolute atomic E-state index is 0.0547. The van der Waals surface area contributed by atoms with Crippen LogP contribution in [0.3, 0.4) is 0 Å². The summed E-state index contributed by atoms with van der Waals surface area (Å²) in [5, 5.41) is 2.04. The maximum Gasteiger partial charge on any atom is 0.273 e. The molecule has 0 atom stereocenters. The van der Waals surface area contributed by atoms with Gasteiger partial charge in [0.15, 0.2) is 5.78 Å². The molecule has 0 unspecified atom stereocenters. The Morgan fingerprint density at radius 3 is 1.89 bits per heavy atom. The number of aromatic nitrogens is 1. The SMILES string of the molecule is Cc1ccc(C(=O)CN(C(=O)c2ccc(Cl)cc2)n2c(C)ccc2C)cc1. The lowest BCUT2D eigenvalue weighted by Crippen LogP contribution is -2.45. The number of Topliss-reactive ketones (excluding diaryl/α,β-unsaturated/α-hetero) is 1. The highest BCUT2D eigenvalue weighted by Gasteiger charge is 2.23. The number of carbonyl (C=O) groups is 2. The van der Waals surface area contributed by atoms with Crippen molar-refractivity contribution in [1.82, 2.24) is 4.68 Å². The lowest BCUT2D eigenvalue weighted by atomic mass is 10.1. The Morgan fingerprint density at radius 1 is 0.815 bits per heavy atom. The van der Waals surface area contributed by atoms with Crippen molar-refractivity contribution in [2.45, 2.75) is 20.8 Å². The summed E-state index contributed by atoms with van der Waals surface area (Å²) in [4.78, 5) is 26.0. The Balaban J connectivity index is 1.97. The molecule has 0 N–H and O–H groups in total. The fraction of sp³-hybridized carbons (Fsp3) is 0.182. The van der Waals surface area contributed by atoms with E-state index in [-0.39, 0.29) is 18.2 Å². The number of carbonyl (C=O) groups excluding carboxylic acids is 2. The Labute approximate surface area is 164 Å². The van der Waals surface area contributed by atoms with Crippen molar-refractivity contribution in [3.8, 4) is 0 Å². The molecule has 0 bridgehead atoms. The molecule has 1 aromatic heterocycles. The van der Waals surface area contributed by atoms with E-state index in [2.05, 4.69) is 0 Å². The number of aryl methyl sites for hydroxylation is 3. The number of amides is 1. The zero-order valence-corrected chi connectivity index (χ0v) is 16.3. The second-order valence-electron chi connectivity index (χ2n) is 6.59. The normalized spacial score (nSPS) is 10.7. The molecule has 0 aliphatic carbocycles. The summed E-state index contributed by atoms with van der Waals surface area (Å²) in [6, 6.07) is 17.9. The van der Waals surface area contributed by atoms with Gasteiger partial charge in [-0.1, -0.05) is 41.4 Å². The molecule has 5 heteroatoms. The van der Waals surface area contributed by atoms with Gasteiger partial charge in [0.2, 0.25) is 0 Å². The predicted octanol–water partition coefficient (Wildman–Crippen LogP) is 4.73. The van der Waals surface area contributed by atoms with E-state index in [1.807, 2.05) is 45.0 Å². The van der Waals surface area contributed by atoms with Crippen molar-refractivity contribution in [3.63, 3.8) is 0 Å². The Kier molecular flexibility index (Phi) is 5.47. The van der Waals surface area contributed by atoms with Crippen LogP contribution in [-0.2, 0) is 0 Å². The second kappa shape index (κ2) is 7.80. The van der Waals surface area contributed by atoms with Gasteiger partial charge in [-0.25, -0.2) is 5.01 Å². The van der Waals surface area contributed by atoms with Crippen LogP contribution in [0.5, 0.6) is 0 Å². The minimum Gasteiger partial charge on any atom is -0.292 e. The van der Waals surface area contributed by atoms with Crippen LogP contribution in [0, 0.1) is 20.8 Å². The van der Waals surface area contributed by atoms with E-state index in [9.17, 15) is 9.59 Å². The molecule has 4 nitrogen and oxygen atoms in total. The summed E-state index contributed by atoms with van der Waals surface area (Å²) >= 11 is 5.94. The molecule has 0 fully saturated rings. The molecule has 0 aliphatic rings. The molecule has 1 amide bonds. The zero-order valence-electron chi connectivity index (χ0n) is 15.6. The van der Waals surface area contributed by atoms with Crippen LogP contribution in [0.1, 0.15) is 37.7 Å². The van der Waals surface area contributed by atoms with Crippen LogP contribution in [0.25, 0.3) is 0 Å². The third kappa shape index (κ3) is 4.12. The first-order chi connectivity index (χ1) is 12.9. The van der Waals surface area contributed by atoms with E-state index in [0.29, 0.717) is 16.1 Å². The van der Waals surface area contributed by atoms with Gasteiger partial charge in [0.25, 0.3) is 5.91 Å². The van der Waals surface area contributed by atoms with Gasteiger partial charge in [-0.2, -0.15) is 0 Å². The minimum atomic E-state index is -0.255. The first-order valence-electron chi connectivity index (χ1n) is 8.69. The van der Waals surface area contributed by atoms with Crippen molar-refractivity contribution in [1.29, 1.82) is 0 Å². The standard InChI is InChI=1S/C22H21ClN2O2/c1-15-4-8-18(9-5-15)21(26)14-24(25-16(2)6-7-17(25)3)22(27)19-10-12-20(23)13-11-19/h4-13H,14H2,1-3H3. The highest BCUT2D eigenvalue weighted by atomic mass is 35.5. The van der Waals surface area contributed by atoms with Crippen molar-refractivity contribution >= 4 is 23.3 Å². The zero-order chi connectivity index (χ0) is 19.6. The molecule has 27 heavy (non-hydrogen) atoms. The van der Waals surface area contributed by atoms with Gasteiger partial charge in [-0.05, 0) is 57.2 Å². The van der Waals surface area contributed by atoms with Gasteiger partial charge in [0.1, 0.15) is 6.54 Å². The smallest absolute Gasteiger partial charge is 0.273 e. The highest BCUT2D eigenvalue weighted by molar-refractivity contribution is 6.30. The van der Waals surface area contributed by atoms with E-state index in [1.165, 1.54) is 5.01 Å². The average molecular weight is 381 g/mol. The molecule has 0 radical (unpaired) electrons. The van der Waals surface area contributed by atoms with Gasteiger partial charge in [0, 0.05) is 27.5 Å². The van der Waals surface area contributed by atoms with Crippen LogP contribution >= 0.6 is 11.6 Å². The first kappa shape index (κ1) is 18.9. The number of hydrogen-bond acceptors (Lipinski definition) is 2. The quantitative estimate of drug-likeness (QED) is 0.600. The molecule has 1 heterocycles. The lowest BCUT2D eigenvalue weighted by Gasteiger charge is -2.26. The Morgan fingerprint density at radius 2 is 1.33 bits per heavy atom. The molecule has 3 rings (SSSR count). The summed E-state index contributed by atoms with van der Waals surface area (Å²) in [6.45, 7) is 5.73. The largest absolute Gasteiger partial charge is 0.292 e. The third-order valence-electron chi connectivity index (χ3n) is 4.47. The Hall–Kier alpha value is -2.85. The van der Waals surface area contributed by atoms with Gasteiger partial charge >= 0.3 is 0 Å². The van der Waals surface area contributed by atoms with Gasteiger partial charge in [0.05, 0.1) is 0 Å². The van der Waals surface area contributed by atoms with Crippen molar-refractivity contribution in [2.75, 3.05) is 11.6 Å². The van der Waals surface area contributed by atoms with E-state index < -0.39 is 0 Å². The maximum absolute atomic E-state index is 13.2. The van der Waals surface area contributed by atoms with Crippen LogP contribution < -0.4 is 5.01 Å². The number of hydrogen-bond donors (Lipinski definition) is 0. The number of benzene rings is 2. The van der Waals surface area contributed by atoms with Crippen LogP contribution in [0.15, 0.2) is 60.7 Å². The maximum atomic E-state index is 13.2. The number of ketones is 1. The highest BCUT2D eigenvalue weighted by Crippen LogP contribution is 2.16. The molecule has 3 aromatic rings. The molecule has 0 spiro atoms. The van der Waals surface area contributed by atoms with Gasteiger partial charge < -0.3 is 0 Å². The van der Waals surface area contributed by atoms with Crippen molar-refractivity contribution in [3.05, 3.63) is 93.8 Å². The average Bonchev–Trinajstić information content (AvgIpc) is 2.98. The number of rotatable bonds is 5. The van der Waals surface area contributed by atoms with E-state index in [1.54, 1.807) is 41.1 Å². The van der Waals surface area contributed by atoms with E-state index in [0.717, 1.165) is 17.0 Å². The summed E-state index contributed by atoms with van der Waals surface area (Å²) in [5.74, 6) is -0.376. The molecule has 2 aromatic carbocycles. The third-order valence-corrected chi connectivity index (χ3v) is 4.72. The van der Waals surface area contributed by atoms with Crippen LogP contribution in [0.4, 0.5) is 0 Å². The fourth-order valence-electron chi connectivity index (χ4n) is 2.98. The lowest BCUT2D eigenvalue weighted by molar-refractivity contribution is 0.0908. The summed E-state index contributed by atoms with van der Waals surface area (Å²) in [5.41, 5.74) is 3.90. The monoisotopic (exact) mass is 380 g/mol. The summed E-state index contributed by atoms with van der Waals surface area (Å²) < 4.78 is 1.78. The number of nitrogens with zero attached hydrogens (tertiary/aromatic N) is 2. The van der Waals surface area contributed by atoms with Crippen LogP contribution in [-0.4, -0.2) is 22.9 Å². The fourth-order valence-corrected chi connectivity index (χ4v) is 3.11. The van der Waals surface area contributed by atoms with Crippen molar-refractivity contribution in [2.24, 2.45) is 0 Å². The molecule has 138 valence electrons.